The van der Waals surface area contributed by atoms with E-state index in [1.807, 2.05) is 12.2 Å². The zero-order valence-electron chi connectivity index (χ0n) is 11.7. The molecule has 1 N–H and O–H groups in total. The molecule has 0 fully saturated rings. The highest BCUT2D eigenvalue weighted by Crippen LogP contribution is 2.30. The predicted octanol–water partition coefficient (Wildman–Crippen LogP) is 4.85. The van der Waals surface area contributed by atoms with E-state index in [0.29, 0.717) is 12.0 Å². The number of hydrogen-bond donors (Lipinski definition) is 1. The van der Waals surface area contributed by atoms with Gasteiger partial charge >= 0.3 is 0 Å². The molecule has 2 atom stereocenters. The Morgan fingerprint density at radius 2 is 2.05 bits per heavy atom. The van der Waals surface area contributed by atoms with Crippen LogP contribution >= 0.6 is 0 Å². The van der Waals surface area contributed by atoms with Gasteiger partial charge < -0.3 is 5.32 Å². The Morgan fingerprint density at radius 3 is 2.79 bits per heavy atom. The molecule has 1 aliphatic rings. The van der Waals surface area contributed by atoms with Gasteiger partial charge in [0.1, 0.15) is 0 Å². The summed E-state index contributed by atoms with van der Waals surface area (Å²) in [6, 6.07) is 8.98. The fourth-order valence-electron chi connectivity index (χ4n) is 2.70. The molecule has 0 aromatic heterocycles. The van der Waals surface area contributed by atoms with Gasteiger partial charge in [-0.15, -0.1) is 13.2 Å². The lowest BCUT2D eigenvalue weighted by Gasteiger charge is -2.28. The van der Waals surface area contributed by atoms with Crippen LogP contribution in [0.2, 0.25) is 0 Å². The van der Waals surface area contributed by atoms with Gasteiger partial charge in [0.25, 0.3) is 0 Å². The third-order valence-electron chi connectivity index (χ3n) is 3.60. The minimum Gasteiger partial charge on any atom is -0.381 e. The van der Waals surface area contributed by atoms with E-state index in [-0.39, 0.29) is 0 Å². The van der Waals surface area contributed by atoms with Gasteiger partial charge in [-0.25, -0.2) is 0 Å². The maximum Gasteiger partial charge on any atom is 0.0551 e. The van der Waals surface area contributed by atoms with Crippen LogP contribution in [0.5, 0.6) is 0 Å². The second kappa shape index (κ2) is 6.42. The van der Waals surface area contributed by atoms with Crippen molar-refractivity contribution in [3.8, 4) is 0 Å². The summed E-state index contributed by atoms with van der Waals surface area (Å²) in [6.45, 7) is 9.96. The summed E-state index contributed by atoms with van der Waals surface area (Å²) in [5, 5.41) is 3.66. The van der Waals surface area contributed by atoms with Gasteiger partial charge in [-0.1, -0.05) is 43.3 Å². The summed E-state index contributed by atoms with van der Waals surface area (Å²) >= 11 is 0. The van der Waals surface area contributed by atoms with E-state index in [0.717, 1.165) is 19.3 Å². The van der Waals surface area contributed by atoms with Gasteiger partial charge in [0.15, 0.2) is 0 Å². The molecule has 0 amide bonds. The van der Waals surface area contributed by atoms with E-state index in [2.05, 4.69) is 55.7 Å². The molecule has 0 saturated carbocycles. The molecule has 1 aromatic carbocycles. The van der Waals surface area contributed by atoms with Crippen molar-refractivity contribution in [3.63, 3.8) is 0 Å². The highest BCUT2D eigenvalue weighted by Gasteiger charge is 2.19. The average molecular weight is 253 g/mol. The van der Waals surface area contributed by atoms with Gasteiger partial charge in [-0.3, -0.25) is 0 Å². The summed E-state index contributed by atoms with van der Waals surface area (Å²) in [7, 11) is 0. The fraction of sp³-hybridized carbons (Fsp3) is 0.333. The van der Waals surface area contributed by atoms with Crippen LogP contribution in [0.25, 0.3) is 6.08 Å². The van der Waals surface area contributed by atoms with Crippen molar-refractivity contribution in [1.29, 1.82) is 0 Å². The molecule has 1 heterocycles. The quantitative estimate of drug-likeness (QED) is 0.715. The summed E-state index contributed by atoms with van der Waals surface area (Å²) in [5.41, 5.74) is 4.05. The van der Waals surface area contributed by atoms with Crippen LogP contribution in [0.15, 0.2) is 55.3 Å². The predicted molar refractivity (Wildman–Crippen MR) is 83.7 cm³/mol. The standard InChI is InChI=1S/C18H23N/c1-4-8-14(3)12-16-13-15-10-6-7-11-17(15)18(19-16)9-5-2/h4-7,10-11,13-14,18-19H,1-2,8-9,12H2,3H3. The molecule has 2 rings (SSSR count). The van der Waals surface area contributed by atoms with Crippen molar-refractivity contribution < 1.29 is 0 Å². The lowest BCUT2D eigenvalue weighted by atomic mass is 9.91. The van der Waals surface area contributed by atoms with E-state index in [1.54, 1.807) is 0 Å². The maximum atomic E-state index is 3.87. The molecule has 19 heavy (non-hydrogen) atoms. The Hall–Kier alpha value is -1.76. The molecule has 0 saturated heterocycles. The molecule has 0 aliphatic carbocycles. The first-order valence-corrected chi connectivity index (χ1v) is 7.02. The van der Waals surface area contributed by atoms with Gasteiger partial charge in [-0.05, 0) is 42.4 Å². The zero-order valence-corrected chi connectivity index (χ0v) is 11.7. The Morgan fingerprint density at radius 1 is 1.26 bits per heavy atom. The second-order valence-electron chi connectivity index (χ2n) is 5.35. The number of benzene rings is 1. The van der Waals surface area contributed by atoms with E-state index in [4.69, 9.17) is 0 Å². The molecular weight excluding hydrogens is 230 g/mol. The van der Waals surface area contributed by atoms with Crippen LogP contribution in [0.3, 0.4) is 0 Å². The highest BCUT2D eigenvalue weighted by atomic mass is 14.9. The maximum absolute atomic E-state index is 3.87. The van der Waals surface area contributed by atoms with Gasteiger partial charge in [0, 0.05) is 5.70 Å². The Balaban J connectivity index is 2.21. The zero-order chi connectivity index (χ0) is 13.7. The van der Waals surface area contributed by atoms with Gasteiger partial charge in [0.05, 0.1) is 6.04 Å². The summed E-state index contributed by atoms with van der Waals surface area (Å²) in [6.07, 6.45) is 9.38. The summed E-state index contributed by atoms with van der Waals surface area (Å²) < 4.78 is 0. The summed E-state index contributed by atoms with van der Waals surface area (Å²) in [5.74, 6) is 0.630. The first kappa shape index (κ1) is 13.7. The van der Waals surface area contributed by atoms with Crippen LogP contribution in [0.4, 0.5) is 0 Å². The lowest BCUT2D eigenvalue weighted by Crippen LogP contribution is -2.25. The smallest absolute Gasteiger partial charge is 0.0551 e. The first-order valence-electron chi connectivity index (χ1n) is 7.02. The summed E-state index contributed by atoms with van der Waals surface area (Å²) in [4.78, 5) is 0. The number of hydrogen-bond acceptors (Lipinski definition) is 1. The number of rotatable bonds is 6. The van der Waals surface area contributed by atoms with Crippen LogP contribution in [0, 0.1) is 5.92 Å². The van der Waals surface area contributed by atoms with E-state index >= 15 is 0 Å². The Kier molecular flexibility index (Phi) is 4.62. The molecule has 0 radical (unpaired) electrons. The first-order chi connectivity index (χ1) is 9.24. The van der Waals surface area contributed by atoms with Crippen molar-refractivity contribution in [3.05, 3.63) is 66.4 Å². The lowest BCUT2D eigenvalue weighted by molar-refractivity contribution is 0.517. The molecule has 1 aromatic rings. The topological polar surface area (TPSA) is 12.0 Å². The Labute approximate surface area is 116 Å². The molecule has 0 bridgehead atoms. The molecule has 1 aliphatic heterocycles. The molecule has 0 spiro atoms. The highest BCUT2D eigenvalue weighted by molar-refractivity contribution is 5.60. The van der Waals surface area contributed by atoms with E-state index in [1.165, 1.54) is 16.8 Å². The van der Waals surface area contributed by atoms with E-state index in [9.17, 15) is 0 Å². The molecule has 2 unspecified atom stereocenters. The van der Waals surface area contributed by atoms with Crippen molar-refractivity contribution in [2.24, 2.45) is 5.92 Å². The largest absolute Gasteiger partial charge is 0.381 e. The number of allylic oxidation sites excluding steroid dienone is 2. The number of nitrogens with one attached hydrogen (secondary N) is 1. The molecule has 1 heteroatoms. The third kappa shape index (κ3) is 3.37. The molecule has 100 valence electrons. The van der Waals surface area contributed by atoms with E-state index < -0.39 is 0 Å². The van der Waals surface area contributed by atoms with Crippen molar-refractivity contribution in [1.82, 2.24) is 5.32 Å². The van der Waals surface area contributed by atoms with Crippen LogP contribution in [-0.2, 0) is 0 Å². The molecule has 1 nitrogen and oxygen atoms in total. The normalized spacial score (nSPS) is 18.8. The third-order valence-corrected chi connectivity index (χ3v) is 3.60. The van der Waals surface area contributed by atoms with Crippen molar-refractivity contribution in [2.75, 3.05) is 0 Å². The van der Waals surface area contributed by atoms with Gasteiger partial charge in [0.2, 0.25) is 0 Å². The minimum atomic E-state index is 0.365. The van der Waals surface area contributed by atoms with Crippen molar-refractivity contribution in [2.45, 2.75) is 32.2 Å². The molecular formula is C18H23N. The Bertz CT molecular complexity index is 484. The number of fused-ring (bicyclic) bond motifs is 1. The second-order valence-corrected chi connectivity index (χ2v) is 5.35. The van der Waals surface area contributed by atoms with Gasteiger partial charge in [-0.2, -0.15) is 0 Å². The van der Waals surface area contributed by atoms with Crippen LogP contribution in [0.1, 0.15) is 43.4 Å². The average Bonchev–Trinajstić information content (AvgIpc) is 2.39. The van der Waals surface area contributed by atoms with Crippen LogP contribution < -0.4 is 5.32 Å². The van der Waals surface area contributed by atoms with Crippen molar-refractivity contribution >= 4 is 6.08 Å². The van der Waals surface area contributed by atoms with Crippen LogP contribution in [-0.4, -0.2) is 0 Å². The SMILES string of the molecule is C=CCC(C)CC1=Cc2ccccc2C(CC=C)N1. The minimum absolute atomic E-state index is 0.365. The monoisotopic (exact) mass is 253 g/mol. The fourth-order valence-corrected chi connectivity index (χ4v) is 2.70.